The minimum Gasteiger partial charge on any atom is -0.350 e. The molecule has 0 radical (unpaired) electrons. The molecule has 2 amide bonds. The van der Waals surface area contributed by atoms with Crippen molar-refractivity contribution >= 4 is 22.7 Å². The van der Waals surface area contributed by atoms with Gasteiger partial charge in [-0.2, -0.15) is 0 Å². The standard InChI is InChI=1S/C22H27N3O2/c1-23-12-17(19-4-2-3-5-20(19)23)10-21(26)24-13-16-8-9-18(14-24)25(22(16)27)11-15-6-7-15/h2-5,12,15-16,18H,6-11,13-14H2,1H3/t16-,18+/m0/s1. The quantitative estimate of drug-likeness (QED) is 0.836. The second-order valence-electron chi connectivity index (χ2n) is 8.62. The number of carbonyl (C=O) groups excluding carboxylic acids is 2. The summed E-state index contributed by atoms with van der Waals surface area (Å²) in [4.78, 5) is 30.1. The van der Waals surface area contributed by atoms with Gasteiger partial charge in [0.2, 0.25) is 11.8 Å². The van der Waals surface area contributed by atoms with E-state index in [1.54, 1.807) is 0 Å². The Kier molecular flexibility index (Phi) is 3.99. The monoisotopic (exact) mass is 365 g/mol. The lowest BCUT2D eigenvalue weighted by Crippen LogP contribution is -2.48. The van der Waals surface area contributed by atoms with Gasteiger partial charge < -0.3 is 14.4 Å². The predicted octanol–water partition coefficient (Wildman–Crippen LogP) is 2.58. The Bertz CT molecular complexity index is 898. The molecular formula is C22H27N3O2. The normalized spacial score (nSPS) is 25.3. The number of benzene rings is 1. The molecule has 5 heteroatoms. The highest BCUT2D eigenvalue weighted by Gasteiger charge is 2.43. The number of piperidine rings is 1. The van der Waals surface area contributed by atoms with Gasteiger partial charge in [0, 0.05) is 49.8 Å². The Hall–Kier alpha value is -2.30. The van der Waals surface area contributed by atoms with E-state index < -0.39 is 0 Å². The Labute approximate surface area is 159 Å². The molecule has 4 aliphatic rings. The van der Waals surface area contributed by atoms with E-state index in [9.17, 15) is 9.59 Å². The van der Waals surface area contributed by atoms with Gasteiger partial charge in [0.05, 0.1) is 12.3 Å². The number of carbonyl (C=O) groups is 2. The van der Waals surface area contributed by atoms with Crippen LogP contribution in [-0.2, 0) is 23.1 Å². The largest absolute Gasteiger partial charge is 0.350 e. The Morgan fingerprint density at radius 3 is 2.74 bits per heavy atom. The van der Waals surface area contributed by atoms with Crippen LogP contribution in [0.15, 0.2) is 30.5 Å². The highest BCUT2D eigenvalue weighted by molar-refractivity contribution is 5.90. The first-order valence-electron chi connectivity index (χ1n) is 10.2. The highest BCUT2D eigenvalue weighted by atomic mass is 16.2. The van der Waals surface area contributed by atoms with E-state index in [1.165, 1.54) is 12.8 Å². The molecule has 0 N–H and O–H groups in total. The Morgan fingerprint density at radius 2 is 1.93 bits per heavy atom. The third-order valence-corrected chi connectivity index (χ3v) is 6.62. The minimum absolute atomic E-state index is 0.000956. The number of nitrogens with zero attached hydrogens (tertiary/aromatic N) is 3. The van der Waals surface area contributed by atoms with Crippen molar-refractivity contribution in [2.45, 2.75) is 38.1 Å². The number of hydrogen-bond donors (Lipinski definition) is 0. The van der Waals surface area contributed by atoms with Crippen LogP contribution in [0, 0.1) is 11.8 Å². The average molecular weight is 365 g/mol. The number of fused-ring (bicyclic) bond motifs is 5. The van der Waals surface area contributed by atoms with Gasteiger partial charge in [-0.15, -0.1) is 0 Å². The molecule has 0 spiro atoms. The number of para-hydroxylation sites is 1. The van der Waals surface area contributed by atoms with Crippen molar-refractivity contribution in [1.29, 1.82) is 0 Å². The van der Waals surface area contributed by atoms with E-state index >= 15 is 0 Å². The minimum atomic E-state index is -0.000956. The SMILES string of the molecule is Cn1cc(CC(=O)N2C[C@@H]3CC[C@H](C2)N(CC2CC2)C3=O)c2ccccc21. The van der Waals surface area contributed by atoms with Crippen molar-refractivity contribution in [2.24, 2.45) is 18.9 Å². The molecule has 2 atom stereocenters. The van der Waals surface area contributed by atoms with E-state index in [2.05, 4.69) is 27.8 Å². The van der Waals surface area contributed by atoms with Gasteiger partial charge in [-0.3, -0.25) is 9.59 Å². The van der Waals surface area contributed by atoms with Crippen molar-refractivity contribution in [3.8, 4) is 0 Å². The molecule has 1 aromatic heterocycles. The van der Waals surface area contributed by atoms with Crippen LogP contribution in [0.2, 0.25) is 0 Å². The smallest absolute Gasteiger partial charge is 0.227 e. The van der Waals surface area contributed by atoms with Crippen molar-refractivity contribution in [3.63, 3.8) is 0 Å². The van der Waals surface area contributed by atoms with Crippen LogP contribution in [0.25, 0.3) is 10.9 Å². The van der Waals surface area contributed by atoms with Crippen LogP contribution in [0.1, 0.15) is 31.2 Å². The predicted molar refractivity (Wildman–Crippen MR) is 104 cm³/mol. The van der Waals surface area contributed by atoms with Gasteiger partial charge in [0.1, 0.15) is 0 Å². The molecule has 27 heavy (non-hydrogen) atoms. The first-order valence-corrected chi connectivity index (χ1v) is 10.2. The van der Waals surface area contributed by atoms with E-state index in [0.717, 1.165) is 35.9 Å². The third kappa shape index (κ3) is 3.03. The van der Waals surface area contributed by atoms with E-state index in [0.29, 0.717) is 31.3 Å². The molecule has 6 rings (SSSR count). The number of amides is 2. The zero-order valence-corrected chi connectivity index (χ0v) is 15.9. The van der Waals surface area contributed by atoms with Gasteiger partial charge in [-0.1, -0.05) is 18.2 Å². The lowest BCUT2D eigenvalue weighted by Gasteiger charge is -2.36. The van der Waals surface area contributed by atoms with E-state index in [1.807, 2.05) is 24.1 Å². The van der Waals surface area contributed by atoms with Crippen LogP contribution < -0.4 is 0 Å². The topological polar surface area (TPSA) is 45.6 Å². The van der Waals surface area contributed by atoms with Crippen molar-refractivity contribution in [1.82, 2.24) is 14.4 Å². The molecule has 1 saturated carbocycles. The van der Waals surface area contributed by atoms with Crippen LogP contribution in [0.3, 0.4) is 0 Å². The van der Waals surface area contributed by atoms with Crippen molar-refractivity contribution in [2.75, 3.05) is 19.6 Å². The fourth-order valence-electron chi connectivity index (χ4n) is 4.90. The Balaban J connectivity index is 1.35. The molecule has 2 bridgehead atoms. The molecule has 3 aliphatic heterocycles. The molecule has 1 aliphatic carbocycles. The summed E-state index contributed by atoms with van der Waals surface area (Å²) in [6, 6.07) is 8.44. The van der Waals surface area contributed by atoms with Crippen LogP contribution in [-0.4, -0.2) is 51.9 Å². The molecule has 5 nitrogen and oxygen atoms in total. The second kappa shape index (κ2) is 6.39. The maximum absolute atomic E-state index is 13.1. The first-order chi connectivity index (χ1) is 13.1. The van der Waals surface area contributed by atoms with E-state index in [-0.39, 0.29) is 17.9 Å². The maximum atomic E-state index is 13.1. The van der Waals surface area contributed by atoms with Crippen molar-refractivity contribution < 1.29 is 9.59 Å². The molecule has 2 aromatic rings. The molecule has 0 unspecified atom stereocenters. The summed E-state index contributed by atoms with van der Waals surface area (Å²) in [6.07, 6.45) is 6.97. The van der Waals surface area contributed by atoms with Gasteiger partial charge in [0.15, 0.2) is 0 Å². The molecular weight excluding hydrogens is 338 g/mol. The number of hydrogen-bond acceptors (Lipinski definition) is 2. The van der Waals surface area contributed by atoms with Crippen molar-refractivity contribution in [3.05, 3.63) is 36.0 Å². The molecule has 4 heterocycles. The van der Waals surface area contributed by atoms with Gasteiger partial charge in [-0.05, 0) is 43.2 Å². The molecule has 4 fully saturated rings. The summed E-state index contributed by atoms with van der Waals surface area (Å²) >= 11 is 0. The summed E-state index contributed by atoms with van der Waals surface area (Å²) in [5.41, 5.74) is 2.23. The summed E-state index contributed by atoms with van der Waals surface area (Å²) in [5.74, 6) is 1.15. The van der Waals surface area contributed by atoms with Gasteiger partial charge >= 0.3 is 0 Å². The maximum Gasteiger partial charge on any atom is 0.227 e. The first kappa shape index (κ1) is 16.8. The fraction of sp³-hybridized carbons (Fsp3) is 0.545. The Morgan fingerprint density at radius 1 is 1.11 bits per heavy atom. The van der Waals surface area contributed by atoms with Gasteiger partial charge in [-0.25, -0.2) is 0 Å². The van der Waals surface area contributed by atoms with Crippen LogP contribution in [0.5, 0.6) is 0 Å². The summed E-state index contributed by atoms with van der Waals surface area (Å²) < 4.78 is 2.09. The lowest BCUT2D eigenvalue weighted by molar-refractivity contribution is -0.140. The van der Waals surface area contributed by atoms with Crippen LogP contribution in [0.4, 0.5) is 0 Å². The van der Waals surface area contributed by atoms with E-state index in [4.69, 9.17) is 0 Å². The number of aryl methyl sites for hydroxylation is 1. The second-order valence-corrected chi connectivity index (χ2v) is 8.62. The zero-order valence-electron chi connectivity index (χ0n) is 15.9. The lowest BCUT2D eigenvalue weighted by atomic mass is 9.94. The fourth-order valence-corrected chi connectivity index (χ4v) is 4.90. The van der Waals surface area contributed by atoms with Gasteiger partial charge in [0.25, 0.3) is 0 Å². The number of aromatic nitrogens is 1. The zero-order chi connectivity index (χ0) is 18.5. The summed E-state index contributed by atoms with van der Waals surface area (Å²) in [7, 11) is 2.02. The third-order valence-electron chi connectivity index (χ3n) is 6.62. The average Bonchev–Trinajstić information content (AvgIpc) is 3.47. The number of rotatable bonds is 4. The molecule has 3 saturated heterocycles. The molecule has 1 aromatic carbocycles. The highest BCUT2D eigenvalue weighted by Crippen LogP contribution is 2.35. The van der Waals surface area contributed by atoms with Crippen LogP contribution >= 0.6 is 0 Å². The molecule has 142 valence electrons. The summed E-state index contributed by atoms with van der Waals surface area (Å²) in [6.45, 7) is 2.21. The summed E-state index contributed by atoms with van der Waals surface area (Å²) in [5, 5.41) is 1.15.